The second kappa shape index (κ2) is 8.12. The number of nitro groups is 1. The molecular formula is C19H17N5O4. The standard InChI is InChI=1S/C19H17N5O4/c1-13-5-4-6-14(9-13)21-19(26)15-7-2-3-8-16(15)22-18(25)11-23-10-17(20-12-23)24(27)28/h2-10,12H,11H2,1H3,(H,21,26)(H,22,25). The molecule has 2 N–H and O–H groups in total. The van der Waals surface area contributed by atoms with E-state index in [0.717, 1.165) is 11.8 Å². The van der Waals surface area contributed by atoms with Gasteiger partial charge in [-0.2, -0.15) is 0 Å². The number of aryl methyl sites for hydroxylation is 1. The van der Waals surface area contributed by atoms with Crippen LogP contribution in [0, 0.1) is 17.0 Å². The molecule has 0 aliphatic carbocycles. The summed E-state index contributed by atoms with van der Waals surface area (Å²) >= 11 is 0. The summed E-state index contributed by atoms with van der Waals surface area (Å²) in [5.74, 6) is -1.14. The Morgan fingerprint density at radius 2 is 1.93 bits per heavy atom. The zero-order valence-electron chi connectivity index (χ0n) is 15.0. The number of nitrogens with one attached hydrogen (secondary N) is 2. The minimum atomic E-state index is -0.640. The molecule has 2 aromatic carbocycles. The van der Waals surface area contributed by atoms with E-state index >= 15 is 0 Å². The number of benzene rings is 2. The second-order valence-corrected chi connectivity index (χ2v) is 6.08. The molecule has 3 aromatic rings. The molecule has 0 bridgehead atoms. The van der Waals surface area contributed by atoms with Crippen LogP contribution in [0.15, 0.2) is 61.1 Å². The number of imidazole rings is 1. The molecule has 0 saturated carbocycles. The maximum Gasteiger partial charge on any atom is 0.381 e. The van der Waals surface area contributed by atoms with E-state index < -0.39 is 10.8 Å². The summed E-state index contributed by atoms with van der Waals surface area (Å²) in [7, 11) is 0. The van der Waals surface area contributed by atoms with Gasteiger partial charge in [0, 0.05) is 5.69 Å². The Morgan fingerprint density at radius 3 is 2.64 bits per heavy atom. The summed E-state index contributed by atoms with van der Waals surface area (Å²) in [4.78, 5) is 38.5. The summed E-state index contributed by atoms with van der Waals surface area (Å²) in [6.45, 7) is 1.75. The molecule has 0 fully saturated rings. The summed E-state index contributed by atoms with van der Waals surface area (Å²) in [5, 5.41) is 16.1. The van der Waals surface area contributed by atoms with Crippen molar-refractivity contribution in [1.29, 1.82) is 0 Å². The molecule has 1 heterocycles. The topological polar surface area (TPSA) is 119 Å². The molecule has 0 unspecified atom stereocenters. The van der Waals surface area contributed by atoms with Crippen LogP contribution in [0.25, 0.3) is 0 Å². The smallest absolute Gasteiger partial charge is 0.358 e. The van der Waals surface area contributed by atoms with Gasteiger partial charge in [0.2, 0.25) is 12.2 Å². The van der Waals surface area contributed by atoms with Crippen molar-refractivity contribution in [2.45, 2.75) is 13.5 Å². The molecule has 0 saturated heterocycles. The van der Waals surface area contributed by atoms with Crippen molar-refractivity contribution in [2.75, 3.05) is 10.6 Å². The van der Waals surface area contributed by atoms with Crippen LogP contribution in [0.1, 0.15) is 15.9 Å². The molecule has 1 aromatic heterocycles. The lowest BCUT2D eigenvalue weighted by atomic mass is 10.1. The zero-order valence-corrected chi connectivity index (χ0v) is 15.0. The van der Waals surface area contributed by atoms with Crippen LogP contribution in [-0.2, 0) is 11.3 Å². The summed E-state index contributed by atoms with van der Waals surface area (Å²) in [6, 6.07) is 14.0. The van der Waals surface area contributed by atoms with Crippen molar-refractivity contribution in [3.63, 3.8) is 0 Å². The fraction of sp³-hybridized carbons (Fsp3) is 0.105. The number of carbonyl (C=O) groups excluding carboxylic acids is 2. The maximum atomic E-state index is 12.6. The van der Waals surface area contributed by atoms with Crippen LogP contribution in [0.2, 0.25) is 0 Å². The SMILES string of the molecule is Cc1cccc(NC(=O)c2ccccc2NC(=O)Cn2cnc([N+](=O)[O-])c2)c1. The number of aromatic nitrogens is 2. The first-order valence-electron chi connectivity index (χ1n) is 8.35. The van der Waals surface area contributed by atoms with Crippen molar-refractivity contribution in [3.8, 4) is 0 Å². The number of para-hydroxylation sites is 1. The molecule has 3 rings (SSSR count). The Kier molecular flexibility index (Phi) is 5.45. The van der Waals surface area contributed by atoms with Gasteiger partial charge in [-0.1, -0.05) is 24.3 Å². The highest BCUT2D eigenvalue weighted by Gasteiger charge is 2.15. The predicted octanol–water partition coefficient (Wildman–Crippen LogP) is 2.99. The first-order valence-corrected chi connectivity index (χ1v) is 8.35. The molecule has 9 nitrogen and oxygen atoms in total. The van der Waals surface area contributed by atoms with E-state index in [9.17, 15) is 19.7 Å². The van der Waals surface area contributed by atoms with Gasteiger partial charge >= 0.3 is 5.82 Å². The first-order chi connectivity index (χ1) is 13.4. The van der Waals surface area contributed by atoms with Crippen LogP contribution >= 0.6 is 0 Å². The zero-order chi connectivity index (χ0) is 20.1. The van der Waals surface area contributed by atoms with Crippen molar-refractivity contribution < 1.29 is 14.5 Å². The number of hydrogen-bond acceptors (Lipinski definition) is 5. The largest absolute Gasteiger partial charge is 0.381 e. The molecule has 0 aliphatic rings. The Labute approximate surface area is 160 Å². The maximum absolute atomic E-state index is 12.6. The number of anilines is 2. The van der Waals surface area contributed by atoms with Crippen LogP contribution in [-0.4, -0.2) is 26.3 Å². The number of rotatable bonds is 6. The highest BCUT2D eigenvalue weighted by molar-refractivity contribution is 6.10. The lowest BCUT2D eigenvalue weighted by molar-refractivity contribution is -0.389. The van der Waals surface area contributed by atoms with E-state index in [4.69, 9.17) is 0 Å². The van der Waals surface area contributed by atoms with Crippen LogP contribution in [0.3, 0.4) is 0 Å². The monoisotopic (exact) mass is 379 g/mol. The predicted molar refractivity (Wildman–Crippen MR) is 103 cm³/mol. The first kappa shape index (κ1) is 18.8. The molecular weight excluding hydrogens is 362 g/mol. The number of nitrogens with zero attached hydrogens (tertiary/aromatic N) is 3. The van der Waals surface area contributed by atoms with Crippen LogP contribution < -0.4 is 10.6 Å². The van der Waals surface area contributed by atoms with E-state index in [-0.39, 0.29) is 18.3 Å². The van der Waals surface area contributed by atoms with Gasteiger partial charge in [-0.25, -0.2) is 0 Å². The fourth-order valence-corrected chi connectivity index (χ4v) is 2.60. The third-order valence-corrected chi connectivity index (χ3v) is 3.85. The van der Waals surface area contributed by atoms with Gasteiger partial charge in [-0.05, 0) is 46.7 Å². The van der Waals surface area contributed by atoms with E-state index in [1.807, 2.05) is 25.1 Å². The molecule has 9 heteroatoms. The third kappa shape index (κ3) is 4.58. The Balaban J connectivity index is 1.71. The Hall–Kier alpha value is -4.01. The number of hydrogen-bond donors (Lipinski definition) is 2. The van der Waals surface area contributed by atoms with Crippen LogP contribution in [0.5, 0.6) is 0 Å². The normalized spacial score (nSPS) is 10.3. The van der Waals surface area contributed by atoms with E-state index in [0.29, 0.717) is 16.9 Å². The minimum absolute atomic E-state index is 0.172. The van der Waals surface area contributed by atoms with Crippen molar-refractivity contribution in [1.82, 2.24) is 9.55 Å². The quantitative estimate of drug-likeness (QED) is 0.504. The van der Waals surface area contributed by atoms with Crippen molar-refractivity contribution in [3.05, 3.63) is 82.3 Å². The fourth-order valence-electron chi connectivity index (χ4n) is 2.60. The van der Waals surface area contributed by atoms with Gasteiger partial charge in [0.05, 0.1) is 11.3 Å². The van der Waals surface area contributed by atoms with Gasteiger partial charge in [0.1, 0.15) is 12.7 Å². The third-order valence-electron chi connectivity index (χ3n) is 3.85. The molecule has 2 amide bonds. The lowest BCUT2D eigenvalue weighted by Crippen LogP contribution is -2.21. The Morgan fingerprint density at radius 1 is 1.14 bits per heavy atom. The van der Waals surface area contributed by atoms with Gasteiger partial charge in [-0.15, -0.1) is 0 Å². The molecule has 28 heavy (non-hydrogen) atoms. The van der Waals surface area contributed by atoms with E-state index in [1.165, 1.54) is 10.9 Å². The van der Waals surface area contributed by atoms with E-state index in [1.54, 1.807) is 30.3 Å². The van der Waals surface area contributed by atoms with Crippen molar-refractivity contribution in [2.24, 2.45) is 0 Å². The van der Waals surface area contributed by atoms with Gasteiger partial charge in [-0.3, -0.25) is 9.59 Å². The van der Waals surface area contributed by atoms with Gasteiger partial charge in [0.15, 0.2) is 0 Å². The van der Waals surface area contributed by atoms with Gasteiger partial charge < -0.3 is 25.3 Å². The average Bonchev–Trinajstić information content (AvgIpc) is 3.11. The Bertz CT molecular complexity index is 1040. The molecule has 0 atom stereocenters. The molecule has 142 valence electrons. The average molecular weight is 379 g/mol. The van der Waals surface area contributed by atoms with Crippen LogP contribution in [0.4, 0.5) is 17.2 Å². The van der Waals surface area contributed by atoms with Gasteiger partial charge in [0.25, 0.3) is 5.91 Å². The van der Waals surface area contributed by atoms with E-state index in [2.05, 4.69) is 15.6 Å². The lowest BCUT2D eigenvalue weighted by Gasteiger charge is -2.12. The summed E-state index contributed by atoms with van der Waals surface area (Å²) < 4.78 is 1.29. The molecule has 0 spiro atoms. The summed E-state index contributed by atoms with van der Waals surface area (Å²) in [6.07, 6.45) is 2.37. The number of carbonyl (C=O) groups is 2. The highest BCUT2D eigenvalue weighted by atomic mass is 16.6. The summed E-state index contributed by atoms with van der Waals surface area (Å²) in [5.41, 5.74) is 2.30. The molecule has 0 aliphatic heterocycles. The molecule has 0 radical (unpaired) electrons. The second-order valence-electron chi connectivity index (χ2n) is 6.08. The highest BCUT2D eigenvalue weighted by Crippen LogP contribution is 2.18. The van der Waals surface area contributed by atoms with Crippen molar-refractivity contribution >= 4 is 29.0 Å². The number of amides is 2. The minimum Gasteiger partial charge on any atom is -0.358 e.